The Morgan fingerprint density at radius 1 is 1.47 bits per heavy atom. The highest BCUT2D eigenvalue weighted by Gasteiger charge is 2.25. The number of ether oxygens (including phenoxy) is 1. The number of methoxy groups -OCH3 is 1. The maximum Gasteiger partial charge on any atom is 0.315 e. The number of rotatable bonds is 5. The Morgan fingerprint density at radius 2 is 2.27 bits per heavy atom. The Balaban J connectivity index is 2.10. The fraction of sp³-hybridized carbons (Fsp3) is 0.909. The largest absolute Gasteiger partial charge is 0.381 e. The Labute approximate surface area is 91.8 Å². The molecule has 2 atom stereocenters. The monoisotopic (exact) mass is 214 g/mol. The quantitative estimate of drug-likeness (QED) is 0.684. The topological polar surface area (TPSA) is 50.4 Å². The molecule has 0 radical (unpaired) electrons. The molecule has 0 saturated heterocycles. The van der Waals surface area contributed by atoms with Crippen molar-refractivity contribution in [3.63, 3.8) is 0 Å². The molecule has 15 heavy (non-hydrogen) atoms. The Hall–Kier alpha value is -0.770. The number of amides is 2. The van der Waals surface area contributed by atoms with Gasteiger partial charge in [0.2, 0.25) is 0 Å². The first-order valence-corrected chi connectivity index (χ1v) is 5.83. The van der Waals surface area contributed by atoms with E-state index in [1.807, 2.05) is 0 Å². The second-order valence-corrected chi connectivity index (χ2v) is 4.12. The minimum Gasteiger partial charge on any atom is -0.381 e. The number of unbranched alkanes of at least 4 members (excludes halogenated alkanes) is 1. The van der Waals surface area contributed by atoms with Crippen LogP contribution in [0.2, 0.25) is 0 Å². The minimum absolute atomic E-state index is 0.0368. The fourth-order valence-electron chi connectivity index (χ4n) is 1.90. The van der Waals surface area contributed by atoms with Crippen LogP contribution in [0.5, 0.6) is 0 Å². The highest BCUT2D eigenvalue weighted by atomic mass is 16.5. The third kappa shape index (κ3) is 4.51. The molecule has 0 heterocycles. The van der Waals surface area contributed by atoms with Crippen LogP contribution in [-0.2, 0) is 4.74 Å². The van der Waals surface area contributed by atoms with E-state index in [-0.39, 0.29) is 12.1 Å². The number of urea groups is 1. The first-order chi connectivity index (χ1) is 7.26. The summed E-state index contributed by atoms with van der Waals surface area (Å²) in [6.07, 6.45) is 5.49. The lowest BCUT2D eigenvalue weighted by Gasteiger charge is -2.13. The summed E-state index contributed by atoms with van der Waals surface area (Å²) in [5.74, 6) is 0. The van der Waals surface area contributed by atoms with E-state index in [1.54, 1.807) is 7.11 Å². The van der Waals surface area contributed by atoms with Crippen LogP contribution in [0.4, 0.5) is 4.79 Å². The summed E-state index contributed by atoms with van der Waals surface area (Å²) in [6, 6.07) is 0.252. The molecule has 0 aliphatic heterocycles. The number of hydrogen-bond donors (Lipinski definition) is 2. The zero-order chi connectivity index (χ0) is 11.1. The highest BCUT2D eigenvalue weighted by Crippen LogP contribution is 2.21. The van der Waals surface area contributed by atoms with Crippen LogP contribution < -0.4 is 10.6 Å². The van der Waals surface area contributed by atoms with Gasteiger partial charge in [0.05, 0.1) is 6.10 Å². The molecule has 4 nitrogen and oxygen atoms in total. The lowest BCUT2D eigenvalue weighted by molar-refractivity contribution is 0.107. The van der Waals surface area contributed by atoms with Gasteiger partial charge in [-0.25, -0.2) is 4.79 Å². The van der Waals surface area contributed by atoms with Gasteiger partial charge in [0.15, 0.2) is 0 Å². The molecule has 2 unspecified atom stereocenters. The van der Waals surface area contributed by atoms with Crippen LogP contribution in [0.1, 0.15) is 39.0 Å². The molecule has 0 bridgehead atoms. The lowest BCUT2D eigenvalue weighted by Crippen LogP contribution is -2.41. The standard InChI is InChI=1S/C11H22N2O2/c1-3-4-7-12-11(14)13-9-5-6-10(8-9)15-2/h9-10H,3-8H2,1-2H3,(H2,12,13,14). The van der Waals surface area contributed by atoms with E-state index in [2.05, 4.69) is 17.6 Å². The first-order valence-electron chi connectivity index (χ1n) is 5.83. The predicted octanol–water partition coefficient (Wildman–Crippen LogP) is 1.65. The Bertz CT molecular complexity index is 197. The molecule has 1 saturated carbocycles. The van der Waals surface area contributed by atoms with Crippen molar-refractivity contribution in [2.24, 2.45) is 0 Å². The number of nitrogens with one attached hydrogen (secondary N) is 2. The van der Waals surface area contributed by atoms with Crippen molar-refractivity contribution in [2.45, 2.75) is 51.2 Å². The summed E-state index contributed by atoms with van der Waals surface area (Å²) in [5.41, 5.74) is 0. The maximum absolute atomic E-state index is 11.4. The van der Waals surface area contributed by atoms with E-state index in [9.17, 15) is 4.79 Å². The van der Waals surface area contributed by atoms with Crippen molar-refractivity contribution in [1.82, 2.24) is 10.6 Å². The van der Waals surface area contributed by atoms with Gasteiger partial charge >= 0.3 is 6.03 Å². The van der Waals surface area contributed by atoms with Crippen LogP contribution in [0.3, 0.4) is 0 Å². The SMILES string of the molecule is CCCCNC(=O)NC1CCC(OC)C1. The van der Waals surface area contributed by atoms with E-state index >= 15 is 0 Å². The molecule has 1 fully saturated rings. The minimum atomic E-state index is -0.0368. The van der Waals surface area contributed by atoms with Gasteiger partial charge in [0, 0.05) is 19.7 Å². The van der Waals surface area contributed by atoms with Gasteiger partial charge in [-0.1, -0.05) is 13.3 Å². The molecule has 4 heteroatoms. The maximum atomic E-state index is 11.4. The van der Waals surface area contributed by atoms with Crippen molar-refractivity contribution in [3.8, 4) is 0 Å². The van der Waals surface area contributed by atoms with Crippen LogP contribution in [0.25, 0.3) is 0 Å². The third-order valence-electron chi connectivity index (χ3n) is 2.87. The van der Waals surface area contributed by atoms with E-state index in [4.69, 9.17) is 4.74 Å². The first kappa shape index (κ1) is 12.3. The Kier molecular flexibility index (Phi) is 5.47. The lowest BCUT2D eigenvalue weighted by atomic mass is 10.2. The number of hydrogen-bond acceptors (Lipinski definition) is 2. The zero-order valence-corrected chi connectivity index (χ0v) is 9.71. The van der Waals surface area contributed by atoms with Crippen molar-refractivity contribution in [2.75, 3.05) is 13.7 Å². The molecule has 0 aromatic rings. The molecule has 2 amide bonds. The van der Waals surface area contributed by atoms with Crippen LogP contribution >= 0.6 is 0 Å². The second-order valence-electron chi connectivity index (χ2n) is 4.12. The molecule has 1 aliphatic rings. The van der Waals surface area contributed by atoms with Gasteiger partial charge in [-0.3, -0.25) is 0 Å². The van der Waals surface area contributed by atoms with E-state index in [0.29, 0.717) is 6.10 Å². The van der Waals surface area contributed by atoms with Crippen LogP contribution in [-0.4, -0.2) is 31.8 Å². The van der Waals surface area contributed by atoms with E-state index in [0.717, 1.165) is 38.6 Å². The third-order valence-corrected chi connectivity index (χ3v) is 2.87. The molecule has 1 aliphatic carbocycles. The molecule has 0 spiro atoms. The summed E-state index contributed by atoms with van der Waals surface area (Å²) in [6.45, 7) is 2.88. The van der Waals surface area contributed by atoms with Gasteiger partial charge in [0.25, 0.3) is 0 Å². The van der Waals surface area contributed by atoms with Gasteiger partial charge in [-0.2, -0.15) is 0 Å². The predicted molar refractivity (Wildman–Crippen MR) is 59.9 cm³/mol. The molecule has 88 valence electrons. The summed E-state index contributed by atoms with van der Waals surface area (Å²) >= 11 is 0. The molecule has 1 rings (SSSR count). The van der Waals surface area contributed by atoms with E-state index < -0.39 is 0 Å². The highest BCUT2D eigenvalue weighted by molar-refractivity contribution is 5.74. The smallest absolute Gasteiger partial charge is 0.315 e. The normalized spacial score (nSPS) is 25.2. The molecule has 2 N–H and O–H groups in total. The zero-order valence-electron chi connectivity index (χ0n) is 9.71. The van der Waals surface area contributed by atoms with Crippen molar-refractivity contribution in [1.29, 1.82) is 0 Å². The average molecular weight is 214 g/mol. The van der Waals surface area contributed by atoms with Gasteiger partial charge in [-0.05, 0) is 25.7 Å². The van der Waals surface area contributed by atoms with Crippen molar-refractivity contribution >= 4 is 6.03 Å². The summed E-state index contributed by atoms with van der Waals surface area (Å²) < 4.78 is 5.25. The van der Waals surface area contributed by atoms with Crippen molar-refractivity contribution in [3.05, 3.63) is 0 Å². The van der Waals surface area contributed by atoms with Gasteiger partial charge in [0.1, 0.15) is 0 Å². The molecular weight excluding hydrogens is 192 g/mol. The Morgan fingerprint density at radius 3 is 2.87 bits per heavy atom. The number of carbonyl (C=O) groups excluding carboxylic acids is 1. The van der Waals surface area contributed by atoms with Gasteiger partial charge in [-0.15, -0.1) is 0 Å². The van der Waals surface area contributed by atoms with Crippen molar-refractivity contribution < 1.29 is 9.53 Å². The second kappa shape index (κ2) is 6.67. The molecule has 0 aromatic carbocycles. The van der Waals surface area contributed by atoms with Crippen LogP contribution in [0.15, 0.2) is 0 Å². The average Bonchev–Trinajstić information content (AvgIpc) is 2.66. The van der Waals surface area contributed by atoms with Gasteiger partial charge < -0.3 is 15.4 Å². The molecular formula is C11H22N2O2. The summed E-state index contributed by atoms with van der Waals surface area (Å²) in [4.78, 5) is 11.4. The fourth-order valence-corrected chi connectivity index (χ4v) is 1.90. The summed E-state index contributed by atoms with van der Waals surface area (Å²) in [7, 11) is 1.73. The summed E-state index contributed by atoms with van der Waals surface area (Å²) in [5, 5.41) is 5.82. The van der Waals surface area contributed by atoms with E-state index in [1.165, 1.54) is 0 Å². The van der Waals surface area contributed by atoms with Crippen LogP contribution in [0, 0.1) is 0 Å². The number of carbonyl (C=O) groups is 1. The molecule has 0 aromatic heterocycles.